The Hall–Kier alpha value is -3.09. The van der Waals surface area contributed by atoms with Gasteiger partial charge in [0.15, 0.2) is 0 Å². The van der Waals surface area contributed by atoms with E-state index in [-0.39, 0.29) is 12.3 Å². The zero-order valence-electron chi connectivity index (χ0n) is 15.0. The molecule has 0 aromatic heterocycles. The molecule has 4 heteroatoms. The van der Waals surface area contributed by atoms with Gasteiger partial charge in [0.25, 0.3) is 0 Å². The van der Waals surface area contributed by atoms with Crippen LogP contribution in [0.25, 0.3) is 0 Å². The SMILES string of the molecule is Cc1ccc(N(C(=O)Cc2ccccc2)C(C#N)c2ccc(Cl)cc2)cc1. The minimum Gasteiger partial charge on any atom is -0.291 e. The topological polar surface area (TPSA) is 44.1 Å². The molecule has 0 spiro atoms. The second-order valence-corrected chi connectivity index (χ2v) is 6.78. The number of benzene rings is 3. The number of halogens is 1. The van der Waals surface area contributed by atoms with Crippen LogP contribution >= 0.6 is 11.6 Å². The first kappa shape index (κ1) is 18.7. The Bertz CT molecular complexity index is 944. The molecule has 27 heavy (non-hydrogen) atoms. The lowest BCUT2D eigenvalue weighted by atomic mass is 10.0. The van der Waals surface area contributed by atoms with Gasteiger partial charge < -0.3 is 0 Å². The minimum absolute atomic E-state index is 0.133. The predicted octanol–water partition coefficient (Wildman–Crippen LogP) is 5.49. The van der Waals surface area contributed by atoms with E-state index in [0.717, 1.165) is 16.7 Å². The Morgan fingerprint density at radius 2 is 1.63 bits per heavy atom. The number of carbonyl (C=O) groups is 1. The van der Waals surface area contributed by atoms with Crippen molar-refractivity contribution in [1.29, 1.82) is 5.26 Å². The van der Waals surface area contributed by atoms with Crippen LogP contribution in [0, 0.1) is 18.3 Å². The van der Waals surface area contributed by atoms with Crippen LogP contribution < -0.4 is 4.90 Å². The summed E-state index contributed by atoms with van der Waals surface area (Å²) in [6.45, 7) is 1.99. The van der Waals surface area contributed by atoms with Crippen molar-refractivity contribution in [3.63, 3.8) is 0 Å². The number of anilines is 1. The third kappa shape index (κ3) is 4.55. The molecule has 1 atom stereocenters. The highest BCUT2D eigenvalue weighted by atomic mass is 35.5. The van der Waals surface area contributed by atoms with Crippen molar-refractivity contribution >= 4 is 23.2 Å². The lowest BCUT2D eigenvalue weighted by Gasteiger charge is -2.28. The number of amides is 1. The van der Waals surface area contributed by atoms with Gasteiger partial charge in [-0.2, -0.15) is 5.26 Å². The van der Waals surface area contributed by atoms with Gasteiger partial charge >= 0.3 is 0 Å². The van der Waals surface area contributed by atoms with E-state index >= 15 is 0 Å². The first-order chi connectivity index (χ1) is 13.1. The molecule has 3 aromatic rings. The van der Waals surface area contributed by atoms with Gasteiger partial charge in [-0.25, -0.2) is 0 Å². The van der Waals surface area contributed by atoms with Crippen molar-refractivity contribution in [1.82, 2.24) is 0 Å². The largest absolute Gasteiger partial charge is 0.291 e. The number of nitriles is 1. The Labute approximate surface area is 164 Å². The molecule has 0 aliphatic heterocycles. The van der Waals surface area contributed by atoms with Crippen LogP contribution in [0.4, 0.5) is 5.69 Å². The molecule has 3 rings (SSSR count). The van der Waals surface area contributed by atoms with Gasteiger partial charge in [0.05, 0.1) is 12.5 Å². The Kier molecular flexibility index (Phi) is 5.90. The maximum absolute atomic E-state index is 13.2. The molecule has 0 heterocycles. The van der Waals surface area contributed by atoms with Crippen molar-refractivity contribution < 1.29 is 4.79 Å². The van der Waals surface area contributed by atoms with Crippen LogP contribution in [-0.4, -0.2) is 5.91 Å². The van der Waals surface area contributed by atoms with Gasteiger partial charge in [-0.05, 0) is 42.3 Å². The maximum atomic E-state index is 13.2. The third-order valence-electron chi connectivity index (χ3n) is 4.35. The van der Waals surface area contributed by atoms with Gasteiger partial charge in [0, 0.05) is 10.7 Å². The lowest BCUT2D eigenvalue weighted by Crippen LogP contribution is -2.35. The lowest BCUT2D eigenvalue weighted by molar-refractivity contribution is -0.118. The summed E-state index contributed by atoms with van der Waals surface area (Å²) in [6, 6.07) is 25.7. The number of nitrogens with zero attached hydrogens (tertiary/aromatic N) is 2. The standard InChI is InChI=1S/C23H19ClN2O/c1-17-7-13-21(14-8-17)26(23(27)15-18-5-3-2-4-6-18)22(16-25)19-9-11-20(24)12-10-19/h2-14,22H,15H2,1H3. The smallest absolute Gasteiger partial charge is 0.232 e. The molecule has 1 amide bonds. The normalized spacial score (nSPS) is 11.4. The van der Waals surface area contributed by atoms with E-state index in [0.29, 0.717) is 10.7 Å². The van der Waals surface area contributed by atoms with Gasteiger partial charge in [0.1, 0.15) is 6.04 Å². The summed E-state index contributed by atoms with van der Waals surface area (Å²) in [5, 5.41) is 10.5. The molecular weight excluding hydrogens is 356 g/mol. The number of hydrogen-bond donors (Lipinski definition) is 0. The molecule has 0 aliphatic rings. The zero-order valence-corrected chi connectivity index (χ0v) is 15.7. The molecule has 0 aliphatic carbocycles. The van der Waals surface area contributed by atoms with Gasteiger partial charge in [-0.3, -0.25) is 9.69 Å². The Balaban J connectivity index is 2.00. The highest BCUT2D eigenvalue weighted by Crippen LogP contribution is 2.29. The average Bonchev–Trinajstić information content (AvgIpc) is 2.68. The maximum Gasteiger partial charge on any atom is 0.232 e. The molecular formula is C23H19ClN2O. The van der Waals surface area contributed by atoms with E-state index < -0.39 is 6.04 Å². The third-order valence-corrected chi connectivity index (χ3v) is 4.60. The first-order valence-electron chi connectivity index (χ1n) is 8.66. The summed E-state index contributed by atoms with van der Waals surface area (Å²) in [7, 11) is 0. The van der Waals surface area contributed by atoms with Crippen LogP contribution in [0.15, 0.2) is 78.9 Å². The van der Waals surface area contributed by atoms with Crippen LogP contribution in [0.5, 0.6) is 0 Å². The highest BCUT2D eigenvalue weighted by Gasteiger charge is 2.26. The minimum atomic E-state index is -0.735. The van der Waals surface area contributed by atoms with E-state index in [1.807, 2.05) is 61.5 Å². The summed E-state index contributed by atoms with van der Waals surface area (Å²) in [6.07, 6.45) is 0.223. The van der Waals surface area contributed by atoms with Crippen LogP contribution in [0.3, 0.4) is 0 Å². The number of rotatable bonds is 5. The van der Waals surface area contributed by atoms with Crippen molar-refractivity contribution in [3.8, 4) is 6.07 Å². The molecule has 0 saturated carbocycles. The highest BCUT2D eigenvalue weighted by molar-refractivity contribution is 6.30. The molecule has 0 fully saturated rings. The number of hydrogen-bond acceptors (Lipinski definition) is 2. The fraction of sp³-hybridized carbons (Fsp3) is 0.130. The van der Waals surface area contributed by atoms with Crippen molar-refractivity contribution in [3.05, 3.63) is 101 Å². The monoisotopic (exact) mass is 374 g/mol. The van der Waals surface area contributed by atoms with Crippen LogP contribution in [0.1, 0.15) is 22.7 Å². The summed E-state index contributed by atoms with van der Waals surface area (Å²) in [5.74, 6) is -0.133. The molecule has 0 saturated heterocycles. The van der Waals surface area contributed by atoms with Crippen LogP contribution in [-0.2, 0) is 11.2 Å². The van der Waals surface area contributed by atoms with Crippen LogP contribution in [0.2, 0.25) is 5.02 Å². The Morgan fingerprint density at radius 1 is 1.00 bits per heavy atom. The average molecular weight is 375 g/mol. The summed E-state index contributed by atoms with van der Waals surface area (Å²) in [5.41, 5.74) is 3.42. The fourth-order valence-corrected chi connectivity index (χ4v) is 3.05. The molecule has 3 nitrogen and oxygen atoms in total. The van der Waals surface area contributed by atoms with E-state index in [1.54, 1.807) is 29.2 Å². The number of carbonyl (C=O) groups excluding carboxylic acids is 1. The fourth-order valence-electron chi connectivity index (χ4n) is 2.92. The molecule has 134 valence electrons. The molecule has 0 radical (unpaired) electrons. The van der Waals surface area contributed by atoms with E-state index in [1.165, 1.54) is 0 Å². The number of aryl methyl sites for hydroxylation is 1. The molecule has 0 bridgehead atoms. The second kappa shape index (κ2) is 8.53. The summed E-state index contributed by atoms with van der Waals surface area (Å²) < 4.78 is 0. The van der Waals surface area contributed by atoms with E-state index in [4.69, 9.17) is 11.6 Å². The Morgan fingerprint density at radius 3 is 2.22 bits per heavy atom. The zero-order chi connectivity index (χ0) is 19.2. The van der Waals surface area contributed by atoms with Crippen molar-refractivity contribution in [2.45, 2.75) is 19.4 Å². The summed E-state index contributed by atoms with van der Waals surface area (Å²) >= 11 is 5.98. The molecule has 3 aromatic carbocycles. The van der Waals surface area contributed by atoms with Gasteiger partial charge in [-0.15, -0.1) is 0 Å². The predicted molar refractivity (Wildman–Crippen MR) is 109 cm³/mol. The van der Waals surface area contributed by atoms with E-state index in [9.17, 15) is 10.1 Å². The quantitative estimate of drug-likeness (QED) is 0.592. The second-order valence-electron chi connectivity index (χ2n) is 6.34. The summed E-state index contributed by atoms with van der Waals surface area (Å²) in [4.78, 5) is 14.8. The molecule has 0 N–H and O–H groups in total. The molecule has 1 unspecified atom stereocenters. The van der Waals surface area contributed by atoms with Gasteiger partial charge in [0.2, 0.25) is 5.91 Å². The van der Waals surface area contributed by atoms with Gasteiger partial charge in [-0.1, -0.05) is 71.8 Å². The van der Waals surface area contributed by atoms with Crippen molar-refractivity contribution in [2.24, 2.45) is 0 Å². The first-order valence-corrected chi connectivity index (χ1v) is 9.04. The van der Waals surface area contributed by atoms with E-state index in [2.05, 4.69) is 6.07 Å². The van der Waals surface area contributed by atoms with Crippen molar-refractivity contribution in [2.75, 3.05) is 4.90 Å².